The number of hydrogen-bond donors (Lipinski definition) is 1. The number of nitrogens with one attached hydrogen (secondary N) is 1. The molecule has 6 nitrogen and oxygen atoms in total. The lowest BCUT2D eigenvalue weighted by molar-refractivity contribution is -0.123. The van der Waals surface area contributed by atoms with Gasteiger partial charge in [-0.15, -0.1) is 11.8 Å². The van der Waals surface area contributed by atoms with Gasteiger partial charge in [-0.2, -0.15) is 5.10 Å². The summed E-state index contributed by atoms with van der Waals surface area (Å²) in [5.41, 5.74) is 7.00. The number of fused-ring (bicyclic) bond motifs is 1. The molecule has 0 bridgehead atoms. The first-order valence-electron chi connectivity index (χ1n) is 13.3. The Morgan fingerprint density at radius 1 is 1.00 bits per heavy atom. The van der Waals surface area contributed by atoms with Crippen LogP contribution in [-0.2, 0) is 9.59 Å². The van der Waals surface area contributed by atoms with Gasteiger partial charge in [-0.1, -0.05) is 86.1 Å². The van der Waals surface area contributed by atoms with Gasteiger partial charge in [-0.05, 0) is 43.0 Å². The van der Waals surface area contributed by atoms with E-state index in [4.69, 9.17) is 5.10 Å². The van der Waals surface area contributed by atoms with Crippen molar-refractivity contribution in [3.8, 4) is 16.9 Å². The number of rotatable bonds is 7. The van der Waals surface area contributed by atoms with E-state index in [1.54, 1.807) is 16.7 Å². The number of benzene rings is 3. The molecule has 0 saturated heterocycles. The molecule has 1 aromatic heterocycles. The number of aromatic nitrogens is 2. The number of carbonyl (C=O) groups excluding carboxylic acids is 2. The number of nitrogens with zero attached hydrogens (tertiary/aromatic N) is 3. The van der Waals surface area contributed by atoms with Crippen LogP contribution in [0.3, 0.4) is 0 Å². The van der Waals surface area contributed by atoms with Crippen LogP contribution in [0, 0.1) is 19.8 Å². The quantitative estimate of drug-likeness (QED) is 0.309. The van der Waals surface area contributed by atoms with Gasteiger partial charge in [0.25, 0.3) is 0 Å². The number of thioether (sulfide) groups is 1. The van der Waals surface area contributed by atoms with Crippen LogP contribution >= 0.6 is 11.8 Å². The summed E-state index contributed by atoms with van der Waals surface area (Å²) in [5.74, 6) is 0.937. The largest absolute Gasteiger partial charge is 0.354 e. The Morgan fingerprint density at radius 2 is 1.69 bits per heavy atom. The molecule has 0 radical (unpaired) electrons. The predicted octanol–water partition coefficient (Wildman–Crippen LogP) is 6.10. The molecule has 1 N–H and O–H groups in total. The molecule has 0 aliphatic carbocycles. The second kappa shape index (κ2) is 11.5. The van der Waals surface area contributed by atoms with Crippen LogP contribution < -0.4 is 10.2 Å². The molecule has 7 heteroatoms. The first-order chi connectivity index (χ1) is 18.8. The van der Waals surface area contributed by atoms with Crippen molar-refractivity contribution in [3.05, 3.63) is 101 Å². The van der Waals surface area contributed by atoms with Gasteiger partial charge in [0.2, 0.25) is 11.8 Å². The second-order valence-electron chi connectivity index (χ2n) is 10.4. The molecule has 1 atom stereocenters. The summed E-state index contributed by atoms with van der Waals surface area (Å²) in [4.78, 5) is 28.5. The summed E-state index contributed by atoms with van der Waals surface area (Å²) in [6, 6.07) is 26.5. The van der Waals surface area contributed by atoms with Gasteiger partial charge in [0.15, 0.2) is 0 Å². The van der Waals surface area contributed by atoms with E-state index in [2.05, 4.69) is 38.2 Å². The van der Waals surface area contributed by atoms with Crippen molar-refractivity contribution in [2.45, 2.75) is 32.9 Å². The summed E-state index contributed by atoms with van der Waals surface area (Å²) in [6.07, 6.45) is 0. The monoisotopic (exact) mass is 538 g/mol. The highest BCUT2D eigenvalue weighted by Crippen LogP contribution is 2.49. The van der Waals surface area contributed by atoms with Crippen molar-refractivity contribution in [2.75, 3.05) is 23.7 Å². The van der Waals surface area contributed by atoms with Crippen LogP contribution in [-0.4, -0.2) is 40.4 Å². The van der Waals surface area contributed by atoms with Gasteiger partial charge in [-0.3, -0.25) is 14.5 Å². The first-order valence-corrected chi connectivity index (χ1v) is 14.4. The topological polar surface area (TPSA) is 67.2 Å². The van der Waals surface area contributed by atoms with E-state index in [1.807, 2.05) is 78.3 Å². The Balaban J connectivity index is 1.77. The number of anilines is 1. The Kier molecular flexibility index (Phi) is 7.89. The van der Waals surface area contributed by atoms with Crippen molar-refractivity contribution >= 4 is 29.4 Å². The lowest BCUT2D eigenvalue weighted by Crippen LogP contribution is -2.43. The zero-order chi connectivity index (χ0) is 27.5. The zero-order valence-corrected chi connectivity index (χ0v) is 23.7. The molecule has 2 amide bonds. The Labute approximate surface area is 234 Å². The fourth-order valence-corrected chi connectivity index (χ4v) is 6.13. The summed E-state index contributed by atoms with van der Waals surface area (Å²) in [5, 5.41) is 8.01. The van der Waals surface area contributed by atoms with E-state index in [0.29, 0.717) is 18.3 Å². The lowest BCUT2D eigenvalue weighted by Gasteiger charge is -2.23. The van der Waals surface area contributed by atoms with E-state index < -0.39 is 0 Å². The summed E-state index contributed by atoms with van der Waals surface area (Å²) >= 11 is 1.59. The zero-order valence-electron chi connectivity index (χ0n) is 22.8. The molecular weight excluding hydrogens is 504 g/mol. The van der Waals surface area contributed by atoms with Crippen molar-refractivity contribution in [1.29, 1.82) is 0 Å². The fraction of sp³-hybridized carbons (Fsp3) is 0.281. The molecule has 1 aliphatic rings. The first kappa shape index (κ1) is 26.8. The number of aryl methyl sites for hydroxylation is 2. The number of carbonyl (C=O) groups is 2. The molecular formula is C32H34N4O2S. The Hall–Kier alpha value is -3.84. The van der Waals surface area contributed by atoms with Gasteiger partial charge < -0.3 is 5.32 Å². The molecule has 39 heavy (non-hydrogen) atoms. The molecule has 3 aromatic carbocycles. The standard InChI is InChI=1S/C32H34N4O2S/c1-21(2)18-33-27(37)19-35-28(38)20-39-31(26-13-9-8-10-23(26)4)29-30(24-11-6-5-7-12-24)34-36(32(29)35)25-16-14-22(3)15-17-25/h5-17,21,31H,18-20H2,1-4H3,(H,33,37)/t31-/m1/s1. The van der Waals surface area contributed by atoms with Crippen LogP contribution in [0.1, 0.15) is 41.4 Å². The maximum Gasteiger partial charge on any atom is 0.240 e. The average Bonchev–Trinajstić information content (AvgIpc) is 3.26. The minimum absolute atomic E-state index is 0.0641. The third-order valence-corrected chi connectivity index (χ3v) is 8.13. The van der Waals surface area contributed by atoms with E-state index in [0.717, 1.165) is 39.2 Å². The minimum atomic E-state index is -0.180. The van der Waals surface area contributed by atoms with Crippen molar-refractivity contribution in [3.63, 3.8) is 0 Å². The van der Waals surface area contributed by atoms with Crippen molar-refractivity contribution in [1.82, 2.24) is 15.1 Å². The van der Waals surface area contributed by atoms with Crippen LogP contribution in [0.5, 0.6) is 0 Å². The van der Waals surface area contributed by atoms with Gasteiger partial charge in [0, 0.05) is 17.7 Å². The van der Waals surface area contributed by atoms with E-state index >= 15 is 0 Å². The molecule has 5 rings (SSSR count). The van der Waals surface area contributed by atoms with Gasteiger partial charge in [0.1, 0.15) is 12.4 Å². The van der Waals surface area contributed by atoms with Gasteiger partial charge >= 0.3 is 0 Å². The molecule has 2 heterocycles. The normalized spacial score (nSPS) is 15.3. The van der Waals surface area contributed by atoms with E-state index in [1.165, 1.54) is 0 Å². The molecule has 0 fully saturated rings. The Morgan fingerprint density at radius 3 is 2.38 bits per heavy atom. The van der Waals surface area contributed by atoms with Crippen molar-refractivity contribution < 1.29 is 9.59 Å². The third-order valence-electron chi connectivity index (χ3n) is 6.89. The van der Waals surface area contributed by atoms with E-state index in [9.17, 15) is 9.59 Å². The third kappa shape index (κ3) is 5.64. The number of hydrogen-bond acceptors (Lipinski definition) is 4. The fourth-order valence-electron chi connectivity index (χ4n) is 4.84. The Bertz CT molecular complexity index is 1480. The van der Waals surface area contributed by atoms with Crippen LogP contribution in [0.15, 0.2) is 78.9 Å². The predicted molar refractivity (Wildman–Crippen MR) is 159 cm³/mol. The van der Waals surface area contributed by atoms with Gasteiger partial charge in [0.05, 0.1) is 22.4 Å². The van der Waals surface area contributed by atoms with Gasteiger partial charge in [-0.25, -0.2) is 4.68 Å². The van der Waals surface area contributed by atoms with E-state index in [-0.39, 0.29) is 29.4 Å². The summed E-state index contributed by atoms with van der Waals surface area (Å²) in [7, 11) is 0. The molecule has 1 aliphatic heterocycles. The lowest BCUT2D eigenvalue weighted by atomic mass is 9.97. The average molecular weight is 539 g/mol. The van der Waals surface area contributed by atoms with Crippen LogP contribution in [0.25, 0.3) is 16.9 Å². The highest BCUT2D eigenvalue weighted by atomic mass is 32.2. The smallest absolute Gasteiger partial charge is 0.240 e. The summed E-state index contributed by atoms with van der Waals surface area (Å²) in [6.45, 7) is 8.75. The maximum atomic E-state index is 13.8. The minimum Gasteiger partial charge on any atom is -0.354 e. The van der Waals surface area contributed by atoms with Crippen LogP contribution in [0.4, 0.5) is 5.82 Å². The highest BCUT2D eigenvalue weighted by molar-refractivity contribution is 8.00. The summed E-state index contributed by atoms with van der Waals surface area (Å²) < 4.78 is 1.85. The molecule has 4 aromatic rings. The SMILES string of the molecule is Cc1ccc(-n2nc(-c3ccccc3)c3c2N(CC(=O)NCC(C)C)C(=O)CS[C@@H]3c2ccccc2C)cc1. The number of amides is 2. The van der Waals surface area contributed by atoms with Crippen molar-refractivity contribution in [2.24, 2.45) is 5.92 Å². The molecule has 0 spiro atoms. The van der Waals surface area contributed by atoms with Crippen LogP contribution in [0.2, 0.25) is 0 Å². The highest BCUT2D eigenvalue weighted by Gasteiger charge is 2.38. The molecule has 0 unspecified atom stereocenters. The second-order valence-corrected chi connectivity index (χ2v) is 11.5. The molecule has 200 valence electrons. The maximum absolute atomic E-state index is 13.8. The molecule has 0 saturated carbocycles.